The zero-order chi connectivity index (χ0) is 19.4. The van der Waals surface area contributed by atoms with Gasteiger partial charge in [-0.3, -0.25) is 14.9 Å². The number of primary amides is 1. The van der Waals surface area contributed by atoms with E-state index in [9.17, 15) is 9.59 Å². The van der Waals surface area contributed by atoms with Crippen LogP contribution in [0, 0.1) is 0 Å². The third-order valence-electron chi connectivity index (χ3n) is 4.30. The van der Waals surface area contributed by atoms with Gasteiger partial charge in [-0.25, -0.2) is 0 Å². The third-order valence-corrected chi connectivity index (χ3v) is 5.71. The van der Waals surface area contributed by atoms with E-state index in [4.69, 9.17) is 22.7 Å². The molecule has 0 bridgehead atoms. The van der Waals surface area contributed by atoms with Crippen molar-refractivity contribution < 1.29 is 14.3 Å². The normalized spacial score (nSPS) is 12.8. The molecule has 2 amide bonds. The number of carbonyl (C=O) groups is 2. The molecule has 0 aliphatic heterocycles. The molecule has 2 aromatic rings. The average Bonchev–Trinajstić information content (AvgIpc) is 3.00. The Bertz CT molecular complexity index is 892. The lowest BCUT2D eigenvalue weighted by Gasteiger charge is -2.12. The molecule has 0 fully saturated rings. The van der Waals surface area contributed by atoms with Crippen LogP contribution in [0.1, 0.15) is 50.9 Å². The fourth-order valence-corrected chi connectivity index (χ4v) is 4.71. The maximum Gasteiger partial charge on any atom is 0.261 e. The van der Waals surface area contributed by atoms with Gasteiger partial charge in [0, 0.05) is 4.88 Å². The maximum atomic E-state index is 12.5. The second kappa shape index (κ2) is 8.49. The zero-order valence-electron chi connectivity index (χ0n) is 15.0. The fraction of sp³-hybridized carbons (Fsp3) is 0.316. The van der Waals surface area contributed by atoms with E-state index in [1.165, 1.54) is 11.3 Å². The Balaban J connectivity index is 1.76. The van der Waals surface area contributed by atoms with Gasteiger partial charge in [0.25, 0.3) is 11.8 Å². The molecule has 0 spiro atoms. The van der Waals surface area contributed by atoms with Crippen molar-refractivity contribution in [3.05, 3.63) is 45.8 Å². The lowest BCUT2D eigenvalue weighted by Crippen LogP contribution is -2.34. The monoisotopic (exact) mass is 403 g/mol. The molecule has 8 heteroatoms. The number of hydrogen-bond acceptors (Lipinski definition) is 5. The van der Waals surface area contributed by atoms with Crippen molar-refractivity contribution in [3.8, 4) is 5.75 Å². The SMILES string of the molecule is CCOc1ccccc1C(=O)NC(=S)Nc1sc2c(c1C(N)=O)CCCC2. The van der Waals surface area contributed by atoms with E-state index in [0.29, 0.717) is 28.5 Å². The van der Waals surface area contributed by atoms with Gasteiger partial charge in [0.2, 0.25) is 0 Å². The molecule has 6 nitrogen and oxygen atoms in total. The van der Waals surface area contributed by atoms with Gasteiger partial charge in [0.1, 0.15) is 10.8 Å². The Labute approximate surface area is 167 Å². The van der Waals surface area contributed by atoms with Crippen molar-refractivity contribution in [2.75, 3.05) is 11.9 Å². The zero-order valence-corrected chi connectivity index (χ0v) is 16.6. The van der Waals surface area contributed by atoms with Crippen molar-refractivity contribution in [3.63, 3.8) is 0 Å². The van der Waals surface area contributed by atoms with Gasteiger partial charge in [0.15, 0.2) is 5.11 Å². The molecule has 1 aliphatic rings. The molecule has 0 unspecified atom stereocenters. The Morgan fingerprint density at radius 3 is 2.74 bits per heavy atom. The number of benzene rings is 1. The molecule has 1 aromatic carbocycles. The van der Waals surface area contributed by atoms with E-state index in [-0.39, 0.29) is 11.0 Å². The first-order chi connectivity index (χ1) is 13.0. The van der Waals surface area contributed by atoms with Gasteiger partial charge >= 0.3 is 0 Å². The van der Waals surface area contributed by atoms with Crippen molar-refractivity contribution >= 4 is 45.5 Å². The minimum Gasteiger partial charge on any atom is -0.493 e. The third kappa shape index (κ3) is 4.28. The summed E-state index contributed by atoms with van der Waals surface area (Å²) in [6.07, 6.45) is 3.91. The van der Waals surface area contributed by atoms with E-state index < -0.39 is 5.91 Å². The summed E-state index contributed by atoms with van der Waals surface area (Å²) in [5.41, 5.74) is 7.48. The first kappa shape index (κ1) is 19.3. The molecule has 27 heavy (non-hydrogen) atoms. The molecule has 1 heterocycles. The lowest BCUT2D eigenvalue weighted by atomic mass is 9.95. The molecule has 0 atom stereocenters. The number of amides is 2. The minimum absolute atomic E-state index is 0.118. The molecule has 3 rings (SSSR count). The number of thiocarbonyl (C=S) groups is 1. The topological polar surface area (TPSA) is 93.4 Å². The number of nitrogens with two attached hydrogens (primary N) is 1. The number of thiophene rings is 1. The standard InChI is InChI=1S/C19H21N3O3S2/c1-2-25-13-9-5-3-7-11(13)17(24)21-19(26)22-18-15(16(20)23)12-8-4-6-10-14(12)27-18/h3,5,7,9H,2,4,6,8,10H2,1H3,(H2,20,23)(H2,21,22,24,26). The van der Waals surface area contributed by atoms with Crippen LogP contribution in [-0.2, 0) is 12.8 Å². The second-order valence-corrected chi connectivity index (χ2v) is 7.63. The first-order valence-corrected chi connectivity index (χ1v) is 10.0. The summed E-state index contributed by atoms with van der Waals surface area (Å²) in [6.45, 7) is 2.31. The Hall–Kier alpha value is -2.45. The Morgan fingerprint density at radius 1 is 1.26 bits per heavy atom. The molecule has 1 aliphatic carbocycles. The Morgan fingerprint density at radius 2 is 2.00 bits per heavy atom. The molecule has 142 valence electrons. The largest absolute Gasteiger partial charge is 0.493 e. The van der Waals surface area contributed by atoms with Gasteiger partial charge in [-0.15, -0.1) is 11.3 Å². The summed E-state index contributed by atoms with van der Waals surface area (Å²) in [4.78, 5) is 25.6. The van der Waals surface area contributed by atoms with Crippen LogP contribution < -0.4 is 21.1 Å². The molecule has 0 radical (unpaired) electrons. The summed E-state index contributed by atoms with van der Waals surface area (Å²) in [7, 11) is 0. The highest BCUT2D eigenvalue weighted by Gasteiger charge is 2.24. The van der Waals surface area contributed by atoms with Crippen molar-refractivity contribution in [1.82, 2.24) is 5.32 Å². The highest BCUT2D eigenvalue weighted by atomic mass is 32.1. The van der Waals surface area contributed by atoms with Gasteiger partial charge < -0.3 is 15.8 Å². The summed E-state index contributed by atoms with van der Waals surface area (Å²) in [5, 5.41) is 6.34. The molecule has 0 saturated heterocycles. The van der Waals surface area contributed by atoms with E-state index in [2.05, 4.69) is 10.6 Å². The molecular weight excluding hydrogens is 382 g/mol. The van der Waals surface area contributed by atoms with Crippen LogP contribution in [0.15, 0.2) is 24.3 Å². The summed E-state index contributed by atoms with van der Waals surface area (Å²) in [6, 6.07) is 6.95. The number of carbonyl (C=O) groups excluding carboxylic acids is 2. The number of aryl methyl sites for hydroxylation is 1. The lowest BCUT2D eigenvalue weighted by molar-refractivity contribution is 0.0972. The van der Waals surface area contributed by atoms with Crippen LogP contribution in [-0.4, -0.2) is 23.5 Å². The van der Waals surface area contributed by atoms with Crippen molar-refractivity contribution in [2.45, 2.75) is 32.6 Å². The number of rotatable bonds is 5. The van der Waals surface area contributed by atoms with Crippen LogP contribution in [0.2, 0.25) is 0 Å². The smallest absolute Gasteiger partial charge is 0.261 e. The van der Waals surface area contributed by atoms with Crippen LogP contribution in [0.4, 0.5) is 5.00 Å². The number of anilines is 1. The van der Waals surface area contributed by atoms with Crippen molar-refractivity contribution in [2.24, 2.45) is 5.73 Å². The number of nitrogens with one attached hydrogen (secondary N) is 2. The number of fused-ring (bicyclic) bond motifs is 1. The fourth-order valence-electron chi connectivity index (χ4n) is 3.16. The van der Waals surface area contributed by atoms with E-state index in [0.717, 1.165) is 36.1 Å². The predicted octanol–water partition coefficient (Wildman–Crippen LogP) is 3.25. The number of hydrogen-bond donors (Lipinski definition) is 3. The van der Waals surface area contributed by atoms with E-state index in [1.54, 1.807) is 24.3 Å². The van der Waals surface area contributed by atoms with Gasteiger partial charge in [0.05, 0.1) is 17.7 Å². The predicted molar refractivity (Wildman–Crippen MR) is 111 cm³/mol. The summed E-state index contributed by atoms with van der Waals surface area (Å²) < 4.78 is 5.48. The van der Waals surface area contributed by atoms with E-state index >= 15 is 0 Å². The number of ether oxygens (including phenoxy) is 1. The molecule has 0 saturated carbocycles. The second-order valence-electron chi connectivity index (χ2n) is 6.12. The molecule has 1 aromatic heterocycles. The molecular formula is C19H21N3O3S2. The van der Waals surface area contributed by atoms with Gasteiger partial charge in [-0.1, -0.05) is 12.1 Å². The minimum atomic E-state index is -0.479. The van der Waals surface area contributed by atoms with E-state index in [1.807, 2.05) is 6.92 Å². The van der Waals surface area contributed by atoms with Crippen LogP contribution in [0.5, 0.6) is 5.75 Å². The van der Waals surface area contributed by atoms with Gasteiger partial charge in [-0.2, -0.15) is 0 Å². The summed E-state index contributed by atoms with van der Waals surface area (Å²) >= 11 is 6.76. The number of para-hydroxylation sites is 1. The average molecular weight is 404 g/mol. The highest BCUT2D eigenvalue weighted by molar-refractivity contribution is 7.80. The highest BCUT2D eigenvalue weighted by Crippen LogP contribution is 2.37. The van der Waals surface area contributed by atoms with Crippen LogP contribution in [0.25, 0.3) is 0 Å². The maximum absolute atomic E-state index is 12.5. The van der Waals surface area contributed by atoms with Crippen LogP contribution >= 0.6 is 23.6 Å². The van der Waals surface area contributed by atoms with Crippen molar-refractivity contribution in [1.29, 1.82) is 0 Å². The Kier molecular flexibility index (Phi) is 6.08. The van der Waals surface area contributed by atoms with Crippen LogP contribution in [0.3, 0.4) is 0 Å². The first-order valence-electron chi connectivity index (χ1n) is 8.79. The van der Waals surface area contributed by atoms with Gasteiger partial charge in [-0.05, 0) is 62.5 Å². The summed E-state index contributed by atoms with van der Waals surface area (Å²) in [5.74, 6) is -0.365. The molecule has 4 N–H and O–H groups in total. The quantitative estimate of drug-likeness (QED) is 0.667.